The van der Waals surface area contributed by atoms with E-state index in [9.17, 15) is 19.8 Å². The highest BCUT2D eigenvalue weighted by Gasteiger charge is 2.42. The zero-order chi connectivity index (χ0) is 15.9. The SMILES string of the molecule is CCC(CC)N(CCO)C(=O)CC1(C(=O)O)CCCCC1. The van der Waals surface area contributed by atoms with Crippen molar-refractivity contribution in [1.82, 2.24) is 4.90 Å². The maximum absolute atomic E-state index is 12.6. The first-order valence-corrected chi connectivity index (χ1v) is 8.14. The Labute approximate surface area is 127 Å². The third-order valence-corrected chi connectivity index (χ3v) is 4.80. The van der Waals surface area contributed by atoms with Crippen molar-refractivity contribution in [2.24, 2.45) is 5.41 Å². The molecule has 5 nitrogen and oxygen atoms in total. The summed E-state index contributed by atoms with van der Waals surface area (Å²) in [7, 11) is 0. The molecule has 0 saturated heterocycles. The molecule has 0 atom stereocenters. The number of nitrogens with zero attached hydrogens (tertiary/aromatic N) is 1. The number of hydrogen-bond donors (Lipinski definition) is 2. The van der Waals surface area contributed by atoms with Gasteiger partial charge in [-0.05, 0) is 25.7 Å². The number of hydrogen-bond acceptors (Lipinski definition) is 3. The van der Waals surface area contributed by atoms with Gasteiger partial charge in [0.1, 0.15) is 0 Å². The number of carboxylic acid groups (broad SMARTS) is 1. The minimum atomic E-state index is -0.894. The molecule has 0 heterocycles. The minimum Gasteiger partial charge on any atom is -0.481 e. The first-order valence-electron chi connectivity index (χ1n) is 8.14. The average molecular weight is 299 g/mol. The number of amides is 1. The molecule has 0 aromatic heterocycles. The van der Waals surface area contributed by atoms with Crippen molar-refractivity contribution in [1.29, 1.82) is 0 Å². The van der Waals surface area contributed by atoms with Crippen LogP contribution in [-0.4, -0.2) is 46.2 Å². The first-order chi connectivity index (χ1) is 10.0. The lowest BCUT2D eigenvalue weighted by molar-refractivity contribution is -0.156. The molecule has 0 radical (unpaired) electrons. The summed E-state index contributed by atoms with van der Waals surface area (Å²) < 4.78 is 0. The van der Waals surface area contributed by atoms with Gasteiger partial charge in [-0.25, -0.2) is 0 Å². The molecule has 0 aromatic carbocycles. The van der Waals surface area contributed by atoms with Crippen LogP contribution in [0.4, 0.5) is 0 Å². The summed E-state index contributed by atoms with van der Waals surface area (Å²) in [5, 5.41) is 18.8. The zero-order valence-electron chi connectivity index (χ0n) is 13.3. The normalized spacial score (nSPS) is 17.7. The number of carboxylic acids is 1. The van der Waals surface area contributed by atoms with Crippen LogP contribution in [0, 0.1) is 5.41 Å². The van der Waals surface area contributed by atoms with E-state index >= 15 is 0 Å². The van der Waals surface area contributed by atoms with Crippen molar-refractivity contribution in [3.63, 3.8) is 0 Å². The third-order valence-electron chi connectivity index (χ3n) is 4.80. The van der Waals surface area contributed by atoms with Gasteiger partial charge in [0, 0.05) is 19.0 Å². The van der Waals surface area contributed by atoms with Gasteiger partial charge in [0.2, 0.25) is 5.91 Å². The van der Waals surface area contributed by atoms with E-state index in [4.69, 9.17) is 0 Å². The molecule has 0 unspecified atom stereocenters. The van der Waals surface area contributed by atoms with Gasteiger partial charge in [0.25, 0.3) is 0 Å². The van der Waals surface area contributed by atoms with Crippen LogP contribution in [0.2, 0.25) is 0 Å². The van der Waals surface area contributed by atoms with Crippen molar-refractivity contribution in [2.45, 2.75) is 71.3 Å². The molecule has 1 aliphatic carbocycles. The number of aliphatic hydroxyl groups excluding tert-OH is 1. The van der Waals surface area contributed by atoms with E-state index < -0.39 is 11.4 Å². The second-order valence-electron chi connectivity index (χ2n) is 6.10. The lowest BCUT2D eigenvalue weighted by Crippen LogP contribution is -2.46. The van der Waals surface area contributed by atoms with Gasteiger partial charge in [-0.1, -0.05) is 33.1 Å². The highest BCUT2D eigenvalue weighted by Crippen LogP contribution is 2.40. The molecule has 1 rings (SSSR count). The summed E-state index contributed by atoms with van der Waals surface area (Å²) in [6, 6.07) is 0.0825. The molecule has 1 amide bonds. The van der Waals surface area contributed by atoms with Crippen LogP contribution in [0.25, 0.3) is 0 Å². The second kappa shape index (κ2) is 8.37. The first kappa shape index (κ1) is 18.0. The molecule has 1 saturated carbocycles. The van der Waals surface area contributed by atoms with Gasteiger partial charge in [-0.3, -0.25) is 9.59 Å². The minimum absolute atomic E-state index is 0.0683. The van der Waals surface area contributed by atoms with Crippen LogP contribution in [-0.2, 0) is 9.59 Å². The Morgan fingerprint density at radius 1 is 1.14 bits per heavy atom. The fraction of sp³-hybridized carbons (Fsp3) is 0.875. The van der Waals surface area contributed by atoms with Crippen LogP contribution in [0.5, 0.6) is 0 Å². The predicted molar refractivity (Wildman–Crippen MR) is 80.9 cm³/mol. The standard InChI is InChI=1S/C16H29NO4/c1-3-13(4-2)17(10-11-18)14(19)12-16(15(20)21)8-6-5-7-9-16/h13,18H,3-12H2,1-2H3,(H,20,21). The number of carbonyl (C=O) groups excluding carboxylic acids is 1. The van der Waals surface area contributed by atoms with Crippen LogP contribution in [0.1, 0.15) is 65.2 Å². The lowest BCUT2D eigenvalue weighted by Gasteiger charge is -2.36. The zero-order valence-corrected chi connectivity index (χ0v) is 13.3. The predicted octanol–water partition coefficient (Wildman–Crippen LogP) is 2.42. The van der Waals surface area contributed by atoms with Crippen molar-refractivity contribution in [2.75, 3.05) is 13.2 Å². The number of aliphatic hydroxyl groups is 1. The summed E-state index contributed by atoms with van der Waals surface area (Å²) >= 11 is 0. The maximum Gasteiger partial charge on any atom is 0.310 e. The molecule has 0 aromatic rings. The second-order valence-corrected chi connectivity index (χ2v) is 6.10. The van der Waals surface area contributed by atoms with Gasteiger partial charge in [-0.15, -0.1) is 0 Å². The summed E-state index contributed by atoms with van der Waals surface area (Å²) in [4.78, 5) is 26.0. The Morgan fingerprint density at radius 3 is 2.14 bits per heavy atom. The maximum atomic E-state index is 12.6. The fourth-order valence-electron chi connectivity index (χ4n) is 3.43. The molecular formula is C16H29NO4. The molecule has 21 heavy (non-hydrogen) atoms. The molecule has 0 aliphatic heterocycles. The molecular weight excluding hydrogens is 270 g/mol. The highest BCUT2D eigenvalue weighted by atomic mass is 16.4. The third kappa shape index (κ3) is 4.43. The number of carbonyl (C=O) groups is 2. The van der Waals surface area contributed by atoms with Crippen LogP contribution >= 0.6 is 0 Å². The molecule has 0 bridgehead atoms. The highest BCUT2D eigenvalue weighted by molar-refractivity contribution is 5.85. The lowest BCUT2D eigenvalue weighted by atomic mass is 9.71. The van der Waals surface area contributed by atoms with Gasteiger partial charge >= 0.3 is 5.97 Å². The van der Waals surface area contributed by atoms with E-state index in [0.717, 1.165) is 32.1 Å². The molecule has 2 N–H and O–H groups in total. The Hall–Kier alpha value is -1.10. The van der Waals surface area contributed by atoms with E-state index in [2.05, 4.69) is 0 Å². The summed E-state index contributed by atoms with van der Waals surface area (Å²) in [6.07, 6.45) is 5.70. The Bertz CT molecular complexity index is 346. The van der Waals surface area contributed by atoms with E-state index in [-0.39, 0.29) is 25.0 Å². The van der Waals surface area contributed by atoms with E-state index in [1.165, 1.54) is 0 Å². The number of rotatable bonds is 8. The quantitative estimate of drug-likeness (QED) is 0.721. The van der Waals surface area contributed by atoms with Crippen LogP contribution in [0.3, 0.4) is 0 Å². The molecule has 0 spiro atoms. The molecule has 1 fully saturated rings. The fourth-order valence-corrected chi connectivity index (χ4v) is 3.43. The molecule has 1 aliphatic rings. The molecule has 122 valence electrons. The van der Waals surface area contributed by atoms with Crippen LogP contribution < -0.4 is 0 Å². The Morgan fingerprint density at radius 2 is 1.71 bits per heavy atom. The van der Waals surface area contributed by atoms with Crippen molar-refractivity contribution >= 4 is 11.9 Å². The van der Waals surface area contributed by atoms with E-state index in [1.54, 1.807) is 4.90 Å². The van der Waals surface area contributed by atoms with Crippen molar-refractivity contribution in [3.8, 4) is 0 Å². The monoisotopic (exact) mass is 299 g/mol. The van der Waals surface area contributed by atoms with E-state index in [0.29, 0.717) is 19.4 Å². The van der Waals surface area contributed by atoms with Gasteiger partial charge in [0.15, 0.2) is 0 Å². The van der Waals surface area contributed by atoms with Crippen molar-refractivity contribution < 1.29 is 19.8 Å². The summed E-state index contributed by atoms with van der Waals surface area (Å²) in [5.41, 5.74) is -0.894. The smallest absolute Gasteiger partial charge is 0.310 e. The van der Waals surface area contributed by atoms with E-state index in [1.807, 2.05) is 13.8 Å². The van der Waals surface area contributed by atoms with Gasteiger partial charge in [-0.2, -0.15) is 0 Å². The van der Waals surface area contributed by atoms with Crippen molar-refractivity contribution in [3.05, 3.63) is 0 Å². The number of aliphatic carboxylic acids is 1. The van der Waals surface area contributed by atoms with Gasteiger partial charge < -0.3 is 15.1 Å². The van der Waals surface area contributed by atoms with Gasteiger partial charge in [0.05, 0.1) is 12.0 Å². The Balaban J connectivity index is 2.84. The average Bonchev–Trinajstić information content (AvgIpc) is 2.48. The Kier molecular flexibility index (Phi) is 7.15. The summed E-state index contributed by atoms with van der Waals surface area (Å²) in [6.45, 7) is 4.24. The molecule has 5 heteroatoms. The largest absolute Gasteiger partial charge is 0.481 e. The topological polar surface area (TPSA) is 77.8 Å². The van der Waals surface area contributed by atoms with Crippen LogP contribution in [0.15, 0.2) is 0 Å². The summed E-state index contributed by atoms with van der Waals surface area (Å²) in [5.74, 6) is -0.967.